The van der Waals surface area contributed by atoms with Crippen LogP contribution < -0.4 is 15.0 Å². The first-order chi connectivity index (χ1) is 13.4. The number of halogens is 3. The van der Waals surface area contributed by atoms with Crippen molar-refractivity contribution < 1.29 is 22.7 Å². The number of benzene rings is 1. The highest BCUT2D eigenvalue weighted by Gasteiger charge is 2.31. The van der Waals surface area contributed by atoms with Crippen molar-refractivity contribution in [3.8, 4) is 5.75 Å². The molecule has 1 unspecified atom stereocenters. The molecule has 1 N–H and O–H groups in total. The minimum absolute atomic E-state index is 0.140. The lowest BCUT2D eigenvalue weighted by Gasteiger charge is -2.20. The Hall–Kier alpha value is -3.30. The predicted molar refractivity (Wildman–Crippen MR) is 94.2 cm³/mol. The summed E-state index contributed by atoms with van der Waals surface area (Å²) in [7, 11) is 0. The van der Waals surface area contributed by atoms with Gasteiger partial charge in [-0.15, -0.1) is 13.2 Å². The van der Waals surface area contributed by atoms with Gasteiger partial charge in [0.15, 0.2) is 5.65 Å². The van der Waals surface area contributed by atoms with Crippen molar-refractivity contribution in [3.63, 3.8) is 0 Å². The molecule has 0 aliphatic carbocycles. The second-order valence-corrected chi connectivity index (χ2v) is 6.40. The van der Waals surface area contributed by atoms with Gasteiger partial charge < -0.3 is 15.0 Å². The lowest BCUT2D eigenvalue weighted by atomic mass is 10.2. The third-order valence-corrected chi connectivity index (χ3v) is 4.46. The summed E-state index contributed by atoms with van der Waals surface area (Å²) in [6.45, 7) is 1.08. The first-order valence-electron chi connectivity index (χ1n) is 8.59. The second-order valence-electron chi connectivity index (χ2n) is 6.40. The van der Waals surface area contributed by atoms with Crippen LogP contribution in [0.5, 0.6) is 5.75 Å². The maximum atomic E-state index is 12.6. The van der Waals surface area contributed by atoms with E-state index in [4.69, 9.17) is 0 Å². The molecule has 28 heavy (non-hydrogen) atoms. The van der Waals surface area contributed by atoms with Gasteiger partial charge in [-0.1, -0.05) is 6.07 Å². The molecule has 10 heteroatoms. The Kier molecular flexibility index (Phi) is 4.54. The Balaban J connectivity index is 1.42. The molecule has 1 aromatic carbocycles. The van der Waals surface area contributed by atoms with Gasteiger partial charge in [-0.05, 0) is 24.6 Å². The van der Waals surface area contributed by atoms with E-state index in [2.05, 4.69) is 20.1 Å². The average Bonchev–Trinajstić information content (AvgIpc) is 3.27. The molecule has 0 radical (unpaired) electrons. The van der Waals surface area contributed by atoms with Crippen molar-refractivity contribution in [2.75, 3.05) is 18.0 Å². The van der Waals surface area contributed by atoms with E-state index in [0.717, 1.165) is 0 Å². The maximum absolute atomic E-state index is 12.6. The molecule has 3 aromatic rings. The van der Waals surface area contributed by atoms with Gasteiger partial charge >= 0.3 is 6.36 Å². The maximum Gasteiger partial charge on any atom is 0.573 e. The first kappa shape index (κ1) is 18.1. The fraction of sp³-hybridized carbons (Fsp3) is 0.278. The Labute approximate surface area is 157 Å². The van der Waals surface area contributed by atoms with E-state index in [9.17, 15) is 18.0 Å². The number of carbonyl (C=O) groups excluding carboxylic acids is 1. The van der Waals surface area contributed by atoms with Crippen LogP contribution in [0.25, 0.3) is 5.65 Å². The van der Waals surface area contributed by atoms with Crippen LogP contribution >= 0.6 is 0 Å². The Morgan fingerprint density at radius 1 is 1.29 bits per heavy atom. The molecule has 1 aliphatic rings. The lowest BCUT2D eigenvalue weighted by molar-refractivity contribution is -0.274. The van der Waals surface area contributed by atoms with Gasteiger partial charge in [0, 0.05) is 43.3 Å². The number of alkyl halides is 3. The van der Waals surface area contributed by atoms with Crippen molar-refractivity contribution in [2.45, 2.75) is 18.8 Å². The number of carbonyl (C=O) groups is 1. The molecule has 1 saturated heterocycles. The van der Waals surface area contributed by atoms with Crippen LogP contribution in [0.3, 0.4) is 0 Å². The van der Waals surface area contributed by atoms with E-state index in [1.165, 1.54) is 28.9 Å². The summed E-state index contributed by atoms with van der Waals surface area (Å²) in [5.41, 5.74) is 1.45. The number of ether oxygens (including phenoxy) is 1. The van der Waals surface area contributed by atoms with Crippen LogP contribution in [0.2, 0.25) is 0 Å². The number of amides is 1. The zero-order valence-electron chi connectivity index (χ0n) is 14.6. The van der Waals surface area contributed by atoms with Crippen molar-refractivity contribution in [2.24, 2.45) is 0 Å². The largest absolute Gasteiger partial charge is 0.573 e. The molecule has 0 spiro atoms. The van der Waals surface area contributed by atoms with Gasteiger partial charge in [0.05, 0.1) is 6.20 Å². The van der Waals surface area contributed by atoms with Gasteiger partial charge in [0.1, 0.15) is 11.3 Å². The lowest BCUT2D eigenvalue weighted by Crippen LogP contribution is -2.37. The number of rotatable bonds is 4. The highest BCUT2D eigenvalue weighted by atomic mass is 19.4. The Morgan fingerprint density at radius 3 is 2.96 bits per heavy atom. The van der Waals surface area contributed by atoms with Crippen LogP contribution in [0, 0.1) is 0 Å². The molecule has 3 heterocycles. The standard InChI is InChI=1S/C18H16F3N5O2/c19-18(20,21)28-14-4-1-3-13(9-14)25-8-5-12(11-25)24-17(27)15-10-23-26-7-2-6-22-16(15)26/h1-4,6-7,9-10,12H,5,8,11H2,(H,24,27). The molecule has 0 bridgehead atoms. The summed E-state index contributed by atoms with van der Waals surface area (Å²) in [5.74, 6) is -0.551. The number of fused-ring (bicyclic) bond motifs is 1. The van der Waals surface area contributed by atoms with E-state index in [-0.39, 0.29) is 17.7 Å². The molecule has 1 aliphatic heterocycles. The summed E-state index contributed by atoms with van der Waals surface area (Å²) in [6.07, 6.45) is 0.682. The number of hydrogen-bond acceptors (Lipinski definition) is 5. The Bertz CT molecular complexity index is 1000. The van der Waals surface area contributed by atoms with Crippen molar-refractivity contribution in [1.82, 2.24) is 19.9 Å². The first-order valence-corrected chi connectivity index (χ1v) is 8.59. The van der Waals surface area contributed by atoms with Crippen LogP contribution in [-0.2, 0) is 0 Å². The van der Waals surface area contributed by atoms with Crippen molar-refractivity contribution in [3.05, 3.63) is 54.5 Å². The fourth-order valence-electron chi connectivity index (χ4n) is 3.24. The predicted octanol–water partition coefficient (Wildman–Crippen LogP) is 2.64. The van der Waals surface area contributed by atoms with Gasteiger partial charge in [-0.25, -0.2) is 9.50 Å². The van der Waals surface area contributed by atoms with E-state index >= 15 is 0 Å². The van der Waals surface area contributed by atoms with Crippen LogP contribution in [0.15, 0.2) is 48.9 Å². The van der Waals surface area contributed by atoms with Gasteiger partial charge in [0.2, 0.25) is 0 Å². The molecular formula is C18H16F3N5O2. The topological polar surface area (TPSA) is 71.8 Å². The van der Waals surface area contributed by atoms with E-state index in [1.54, 1.807) is 24.5 Å². The zero-order chi connectivity index (χ0) is 19.7. The number of nitrogens with zero attached hydrogens (tertiary/aromatic N) is 4. The van der Waals surface area contributed by atoms with Gasteiger partial charge in [-0.2, -0.15) is 5.10 Å². The number of anilines is 1. The quantitative estimate of drug-likeness (QED) is 0.740. The summed E-state index contributed by atoms with van der Waals surface area (Å²) < 4.78 is 42.7. The highest BCUT2D eigenvalue weighted by Crippen LogP contribution is 2.28. The van der Waals surface area contributed by atoms with Gasteiger partial charge in [0.25, 0.3) is 5.91 Å². The van der Waals surface area contributed by atoms with E-state index in [0.29, 0.717) is 36.4 Å². The van der Waals surface area contributed by atoms with Crippen LogP contribution in [-0.4, -0.2) is 46.0 Å². The minimum Gasteiger partial charge on any atom is -0.406 e. The average molecular weight is 391 g/mol. The molecular weight excluding hydrogens is 375 g/mol. The monoisotopic (exact) mass is 391 g/mol. The summed E-state index contributed by atoms with van der Waals surface area (Å²) in [6, 6.07) is 7.39. The molecule has 7 nitrogen and oxygen atoms in total. The summed E-state index contributed by atoms with van der Waals surface area (Å²) in [4.78, 5) is 18.6. The van der Waals surface area contributed by atoms with Gasteiger partial charge in [-0.3, -0.25) is 4.79 Å². The SMILES string of the molecule is O=C(NC1CCN(c2cccc(OC(F)(F)F)c2)C1)c1cnn2cccnc12. The normalized spacial score (nSPS) is 17.1. The molecule has 1 atom stereocenters. The molecule has 2 aromatic heterocycles. The molecule has 1 fully saturated rings. The number of nitrogens with one attached hydrogen (secondary N) is 1. The van der Waals surface area contributed by atoms with E-state index in [1.807, 2.05) is 4.90 Å². The van der Waals surface area contributed by atoms with Crippen molar-refractivity contribution >= 4 is 17.2 Å². The number of aromatic nitrogens is 3. The van der Waals surface area contributed by atoms with Crippen LogP contribution in [0.1, 0.15) is 16.8 Å². The third-order valence-electron chi connectivity index (χ3n) is 4.46. The molecule has 4 rings (SSSR count). The summed E-state index contributed by atoms with van der Waals surface area (Å²) in [5, 5.41) is 7.03. The third kappa shape index (κ3) is 3.85. The van der Waals surface area contributed by atoms with Crippen molar-refractivity contribution in [1.29, 1.82) is 0 Å². The Morgan fingerprint density at radius 2 is 2.14 bits per heavy atom. The molecule has 146 valence electrons. The van der Waals surface area contributed by atoms with Crippen LogP contribution in [0.4, 0.5) is 18.9 Å². The fourth-order valence-corrected chi connectivity index (χ4v) is 3.24. The van der Waals surface area contributed by atoms with E-state index < -0.39 is 6.36 Å². The number of hydrogen-bond donors (Lipinski definition) is 1. The minimum atomic E-state index is -4.73. The zero-order valence-corrected chi connectivity index (χ0v) is 14.6. The molecule has 1 amide bonds. The highest BCUT2D eigenvalue weighted by molar-refractivity contribution is 5.99. The molecule has 0 saturated carbocycles. The summed E-state index contributed by atoms with van der Waals surface area (Å²) >= 11 is 0. The second kappa shape index (κ2) is 7.02. The smallest absolute Gasteiger partial charge is 0.406 e.